The molecule has 1 aliphatic rings. The first kappa shape index (κ1) is 14.3. The maximum atomic E-state index is 10.2. The first-order valence-electron chi connectivity index (χ1n) is 6.45. The van der Waals surface area contributed by atoms with Gasteiger partial charge in [-0.05, 0) is 11.5 Å². The summed E-state index contributed by atoms with van der Waals surface area (Å²) in [6.45, 7) is 4.07. The summed E-state index contributed by atoms with van der Waals surface area (Å²) < 4.78 is 10.6. The number of hydrogen-bond acceptors (Lipinski definition) is 4. The second-order valence-electron chi connectivity index (χ2n) is 5.56. The van der Waals surface area contributed by atoms with Crippen molar-refractivity contribution in [1.82, 2.24) is 0 Å². The Bertz CT molecular complexity index is 582. The number of hydrogen-bond donors (Lipinski definition) is 2. The van der Waals surface area contributed by atoms with Crippen molar-refractivity contribution in [3.8, 4) is 11.5 Å². The standard InChI is InChI=1S/C16H20O4/c1-16(2)8-11(15(20-4)13(18)9-16)10-6-5-7-12(17)14(10)19-3/h5-8,17-18H,9H2,1-4H3. The first-order valence-corrected chi connectivity index (χ1v) is 6.45. The minimum Gasteiger partial charge on any atom is -0.508 e. The lowest BCUT2D eigenvalue weighted by atomic mass is 9.80. The summed E-state index contributed by atoms with van der Waals surface area (Å²) in [5.74, 6) is 1.07. The Morgan fingerprint density at radius 3 is 2.40 bits per heavy atom. The van der Waals surface area contributed by atoms with Crippen LogP contribution in [0.4, 0.5) is 0 Å². The van der Waals surface area contributed by atoms with E-state index in [2.05, 4.69) is 0 Å². The molecule has 1 aromatic carbocycles. The third kappa shape index (κ3) is 2.46. The van der Waals surface area contributed by atoms with E-state index in [0.717, 1.165) is 5.57 Å². The zero-order valence-corrected chi connectivity index (χ0v) is 12.2. The van der Waals surface area contributed by atoms with Gasteiger partial charge in [0.25, 0.3) is 0 Å². The highest BCUT2D eigenvalue weighted by Crippen LogP contribution is 2.44. The average molecular weight is 276 g/mol. The lowest BCUT2D eigenvalue weighted by Crippen LogP contribution is -2.17. The van der Waals surface area contributed by atoms with Crippen molar-refractivity contribution in [2.75, 3.05) is 14.2 Å². The summed E-state index contributed by atoms with van der Waals surface area (Å²) in [7, 11) is 3.02. The van der Waals surface area contributed by atoms with Gasteiger partial charge >= 0.3 is 0 Å². The highest BCUT2D eigenvalue weighted by Gasteiger charge is 2.30. The summed E-state index contributed by atoms with van der Waals surface area (Å²) in [5, 5.41) is 20.1. The molecule has 2 rings (SSSR count). The Balaban J connectivity index is 2.66. The highest BCUT2D eigenvalue weighted by molar-refractivity contribution is 5.83. The lowest BCUT2D eigenvalue weighted by molar-refractivity contribution is 0.240. The fraction of sp³-hybridized carbons (Fsp3) is 0.375. The number of rotatable bonds is 3. The Morgan fingerprint density at radius 2 is 1.80 bits per heavy atom. The molecular weight excluding hydrogens is 256 g/mol. The molecule has 0 saturated heterocycles. The number of methoxy groups -OCH3 is 2. The number of para-hydroxylation sites is 1. The minimum absolute atomic E-state index is 0.0595. The van der Waals surface area contributed by atoms with Crippen LogP contribution in [-0.2, 0) is 4.74 Å². The summed E-state index contributed by atoms with van der Waals surface area (Å²) in [6, 6.07) is 5.13. The number of allylic oxidation sites excluding steroid dienone is 3. The summed E-state index contributed by atoms with van der Waals surface area (Å²) in [5.41, 5.74) is 1.23. The van der Waals surface area contributed by atoms with E-state index in [-0.39, 0.29) is 16.9 Å². The van der Waals surface area contributed by atoms with Gasteiger partial charge in [0.05, 0.1) is 14.2 Å². The molecule has 0 fully saturated rings. The average Bonchev–Trinajstić information content (AvgIpc) is 2.36. The smallest absolute Gasteiger partial charge is 0.168 e. The van der Waals surface area contributed by atoms with Gasteiger partial charge < -0.3 is 19.7 Å². The molecule has 1 aliphatic carbocycles. The number of aromatic hydroxyl groups is 1. The molecule has 0 radical (unpaired) electrons. The van der Waals surface area contributed by atoms with Gasteiger partial charge in [-0.25, -0.2) is 0 Å². The predicted molar refractivity (Wildman–Crippen MR) is 77.7 cm³/mol. The number of aliphatic hydroxyl groups is 1. The third-order valence-electron chi connectivity index (χ3n) is 3.36. The van der Waals surface area contributed by atoms with Crippen LogP contribution in [0, 0.1) is 5.41 Å². The van der Waals surface area contributed by atoms with Gasteiger partial charge in [-0.15, -0.1) is 0 Å². The van der Waals surface area contributed by atoms with Gasteiger partial charge in [0.2, 0.25) is 0 Å². The Labute approximate surface area is 119 Å². The van der Waals surface area contributed by atoms with Crippen LogP contribution >= 0.6 is 0 Å². The topological polar surface area (TPSA) is 58.9 Å². The molecule has 0 aromatic heterocycles. The number of phenolic OH excluding ortho intramolecular Hbond substituents is 1. The largest absolute Gasteiger partial charge is 0.508 e. The van der Waals surface area contributed by atoms with Crippen molar-refractivity contribution in [1.29, 1.82) is 0 Å². The highest BCUT2D eigenvalue weighted by atomic mass is 16.5. The van der Waals surface area contributed by atoms with E-state index in [0.29, 0.717) is 23.5 Å². The Morgan fingerprint density at radius 1 is 1.10 bits per heavy atom. The van der Waals surface area contributed by atoms with E-state index < -0.39 is 0 Å². The Hall–Kier alpha value is -2.10. The zero-order chi connectivity index (χ0) is 14.9. The van der Waals surface area contributed by atoms with Crippen LogP contribution in [-0.4, -0.2) is 24.4 Å². The van der Waals surface area contributed by atoms with E-state index >= 15 is 0 Å². The molecule has 0 amide bonds. The van der Waals surface area contributed by atoms with Crippen molar-refractivity contribution in [2.24, 2.45) is 5.41 Å². The van der Waals surface area contributed by atoms with E-state index in [1.54, 1.807) is 12.1 Å². The van der Waals surface area contributed by atoms with Crippen molar-refractivity contribution in [3.63, 3.8) is 0 Å². The monoisotopic (exact) mass is 276 g/mol. The SMILES string of the molecule is COC1=C(O)CC(C)(C)C=C1c1cccc(O)c1OC. The number of aliphatic hydroxyl groups excluding tert-OH is 1. The fourth-order valence-electron chi connectivity index (χ4n) is 2.55. The normalized spacial score (nSPS) is 17.7. The van der Waals surface area contributed by atoms with Gasteiger partial charge in [0.15, 0.2) is 17.3 Å². The molecule has 20 heavy (non-hydrogen) atoms. The van der Waals surface area contributed by atoms with Crippen LogP contribution in [0.5, 0.6) is 11.5 Å². The molecule has 108 valence electrons. The van der Waals surface area contributed by atoms with Crippen molar-refractivity contribution >= 4 is 5.57 Å². The maximum absolute atomic E-state index is 10.2. The first-order chi connectivity index (χ1) is 9.39. The lowest BCUT2D eigenvalue weighted by Gasteiger charge is -2.29. The second-order valence-corrected chi connectivity index (χ2v) is 5.56. The zero-order valence-electron chi connectivity index (χ0n) is 12.2. The van der Waals surface area contributed by atoms with Gasteiger partial charge in [0.1, 0.15) is 5.76 Å². The fourth-order valence-corrected chi connectivity index (χ4v) is 2.55. The molecule has 0 atom stereocenters. The van der Waals surface area contributed by atoms with Crippen LogP contribution < -0.4 is 4.74 Å². The predicted octanol–water partition coefficient (Wildman–Crippen LogP) is 3.63. The van der Waals surface area contributed by atoms with Crippen molar-refractivity contribution < 1.29 is 19.7 Å². The second kappa shape index (κ2) is 5.12. The molecule has 4 nitrogen and oxygen atoms in total. The number of phenols is 1. The van der Waals surface area contributed by atoms with Crippen LogP contribution in [0.25, 0.3) is 5.57 Å². The van der Waals surface area contributed by atoms with Crippen molar-refractivity contribution in [3.05, 3.63) is 41.4 Å². The van der Waals surface area contributed by atoms with E-state index in [9.17, 15) is 10.2 Å². The van der Waals surface area contributed by atoms with E-state index in [4.69, 9.17) is 9.47 Å². The number of ether oxygens (including phenoxy) is 2. The van der Waals surface area contributed by atoms with Crippen molar-refractivity contribution in [2.45, 2.75) is 20.3 Å². The molecule has 0 aliphatic heterocycles. The van der Waals surface area contributed by atoms with Crippen LogP contribution in [0.3, 0.4) is 0 Å². The molecule has 2 N–H and O–H groups in total. The van der Waals surface area contributed by atoms with Gasteiger partial charge in [-0.3, -0.25) is 0 Å². The minimum atomic E-state index is -0.197. The molecule has 0 bridgehead atoms. The molecule has 0 saturated carbocycles. The van der Waals surface area contributed by atoms with Crippen LogP contribution in [0.2, 0.25) is 0 Å². The summed E-state index contributed by atoms with van der Waals surface area (Å²) in [4.78, 5) is 0. The quantitative estimate of drug-likeness (QED) is 0.885. The van der Waals surface area contributed by atoms with Crippen LogP contribution in [0.15, 0.2) is 35.8 Å². The molecule has 1 aromatic rings. The third-order valence-corrected chi connectivity index (χ3v) is 3.36. The molecule has 0 spiro atoms. The van der Waals surface area contributed by atoms with E-state index in [1.165, 1.54) is 14.2 Å². The van der Waals surface area contributed by atoms with Gasteiger partial charge in [-0.2, -0.15) is 0 Å². The summed E-state index contributed by atoms with van der Waals surface area (Å²) >= 11 is 0. The van der Waals surface area contributed by atoms with Gasteiger partial charge in [-0.1, -0.05) is 32.1 Å². The Kier molecular flexibility index (Phi) is 3.66. The molecular formula is C16H20O4. The summed E-state index contributed by atoms with van der Waals surface area (Å²) in [6.07, 6.45) is 2.55. The van der Waals surface area contributed by atoms with E-state index in [1.807, 2.05) is 26.0 Å². The molecule has 0 unspecified atom stereocenters. The van der Waals surface area contributed by atoms with Crippen LogP contribution in [0.1, 0.15) is 25.8 Å². The molecule has 4 heteroatoms. The maximum Gasteiger partial charge on any atom is 0.168 e. The molecule has 0 heterocycles. The number of benzene rings is 1. The van der Waals surface area contributed by atoms with Gasteiger partial charge in [0, 0.05) is 17.6 Å².